The maximum Gasteiger partial charge on any atom is 0.102 e. The summed E-state index contributed by atoms with van der Waals surface area (Å²) in [6.07, 6.45) is 0. The molecule has 0 saturated carbocycles. The molecule has 0 aromatic heterocycles. The molecule has 61 heavy (non-hydrogen) atoms. The maximum absolute atomic E-state index is 8.00. The molecular formula is C55H50ClOP3Ru+3. The Labute approximate surface area is 380 Å². The van der Waals surface area contributed by atoms with Gasteiger partial charge in [-0.15, -0.1) is 0 Å². The first kappa shape index (κ1) is 46.9. The number of halogens is 1. The van der Waals surface area contributed by atoms with Crippen LogP contribution < -0.4 is 47.7 Å². The minimum atomic E-state index is -0.877. The zero-order valence-corrected chi connectivity index (χ0v) is 39.3. The van der Waals surface area contributed by atoms with Crippen molar-refractivity contribution < 1.29 is 22.1 Å². The van der Waals surface area contributed by atoms with Crippen molar-refractivity contribution in [3.63, 3.8) is 0 Å². The summed E-state index contributed by atoms with van der Waals surface area (Å²) in [5.41, 5.74) is 0. The molecule has 9 aromatic carbocycles. The topological polar surface area (TPSA) is 17.1 Å². The van der Waals surface area contributed by atoms with E-state index in [9.17, 15) is 0 Å². The first-order valence-corrected chi connectivity index (χ1v) is 26.6. The third kappa shape index (κ3) is 14.5. The van der Waals surface area contributed by atoms with Crippen molar-refractivity contribution in [3.05, 3.63) is 273 Å². The van der Waals surface area contributed by atoms with Crippen molar-refractivity contribution in [3.8, 4) is 0 Å². The quantitative estimate of drug-likeness (QED) is 0.104. The average molecular weight is 956 g/mol. The van der Waals surface area contributed by atoms with Crippen LogP contribution in [0.2, 0.25) is 0 Å². The fourth-order valence-corrected chi connectivity index (χ4v) is 14.7. The summed E-state index contributed by atoms with van der Waals surface area (Å²) in [6, 6.07) is 97.5. The van der Waals surface area contributed by atoms with Crippen LogP contribution in [0.3, 0.4) is 0 Å². The third-order valence-corrected chi connectivity index (χ3v) is 17.8. The van der Waals surface area contributed by atoms with E-state index in [4.69, 9.17) is 4.79 Å². The zero-order chi connectivity index (χ0) is 42.7. The van der Waals surface area contributed by atoms with Crippen LogP contribution in [0.15, 0.2) is 273 Å². The molecule has 0 N–H and O–H groups in total. The van der Waals surface area contributed by atoms with Crippen molar-refractivity contribution in [2.45, 2.75) is 0 Å². The van der Waals surface area contributed by atoms with Gasteiger partial charge >= 0.3 is 27.0 Å². The van der Waals surface area contributed by atoms with E-state index in [1.54, 1.807) is 0 Å². The van der Waals surface area contributed by atoms with Gasteiger partial charge in [0.1, 0.15) is 54.5 Å². The van der Waals surface area contributed by atoms with Crippen LogP contribution in [-0.2, 0) is 22.1 Å². The molecule has 9 rings (SSSR count). The van der Waals surface area contributed by atoms with Gasteiger partial charge in [0.25, 0.3) is 0 Å². The largest absolute Gasteiger partial charge is 0.102 e. The van der Waals surface area contributed by atoms with E-state index < -0.39 is 23.8 Å². The summed E-state index contributed by atoms with van der Waals surface area (Å²) in [4.78, 5) is 8.00. The molecule has 0 saturated heterocycles. The molecule has 0 amide bonds. The van der Waals surface area contributed by atoms with E-state index >= 15 is 0 Å². The molecule has 0 fully saturated rings. The number of benzene rings is 9. The molecule has 0 radical (unpaired) electrons. The Bertz CT molecular complexity index is 1890. The summed E-state index contributed by atoms with van der Waals surface area (Å²) in [7, 11) is 1.94. The van der Waals surface area contributed by atoms with Gasteiger partial charge in [0, 0.05) is 0 Å². The molecule has 0 spiro atoms. The molecule has 303 valence electrons. The Morgan fingerprint density at radius 1 is 0.213 bits per heavy atom. The van der Waals surface area contributed by atoms with Gasteiger partial charge in [0.05, 0.1) is 23.8 Å². The van der Waals surface area contributed by atoms with E-state index in [-0.39, 0.29) is 0 Å². The van der Waals surface area contributed by atoms with Crippen LogP contribution in [0.4, 0.5) is 0 Å². The summed E-state index contributed by atoms with van der Waals surface area (Å²) in [6.45, 7) is 2.00. The molecule has 0 aliphatic rings. The first-order valence-electron chi connectivity index (χ1n) is 19.9. The van der Waals surface area contributed by atoms with Gasteiger partial charge in [-0.2, -0.15) is 0 Å². The van der Waals surface area contributed by atoms with Gasteiger partial charge in [-0.25, -0.2) is 0 Å². The second-order valence-electron chi connectivity index (χ2n) is 13.4. The predicted molar refractivity (Wildman–Crippen MR) is 273 cm³/mol. The van der Waals surface area contributed by atoms with Gasteiger partial charge < -0.3 is 4.79 Å². The van der Waals surface area contributed by atoms with Crippen LogP contribution in [0.25, 0.3) is 0 Å². The van der Waals surface area contributed by atoms with Crippen LogP contribution in [0.1, 0.15) is 0 Å². The van der Waals surface area contributed by atoms with E-state index in [1.807, 2.05) is 24.1 Å². The van der Waals surface area contributed by atoms with Crippen molar-refractivity contribution in [1.82, 2.24) is 0 Å². The minimum Gasteiger partial charge on any atom is -0.0620 e. The van der Waals surface area contributed by atoms with Crippen LogP contribution in [0.5, 0.6) is 0 Å². The van der Waals surface area contributed by atoms with Gasteiger partial charge in [0.15, 0.2) is 0 Å². The van der Waals surface area contributed by atoms with Crippen molar-refractivity contribution in [2.24, 2.45) is 0 Å². The summed E-state index contributed by atoms with van der Waals surface area (Å²) >= 11 is 1.82. The Kier molecular flexibility index (Phi) is 21.3. The Hall–Kier alpha value is -5.15. The molecular weight excluding hydrogens is 906 g/mol. The second kappa shape index (κ2) is 27.6. The van der Waals surface area contributed by atoms with Crippen molar-refractivity contribution in [2.75, 3.05) is 0 Å². The molecule has 0 aliphatic heterocycles. The van der Waals surface area contributed by atoms with Gasteiger partial charge in [0.2, 0.25) is 0 Å². The predicted octanol–water partition coefficient (Wildman–Crippen LogP) is 10.0. The number of rotatable bonds is 9. The van der Waals surface area contributed by atoms with Gasteiger partial charge in [-0.05, 0) is 109 Å². The summed E-state index contributed by atoms with van der Waals surface area (Å²) in [5.74, 6) is 0. The average Bonchev–Trinajstić information content (AvgIpc) is 3.37. The minimum absolute atomic E-state index is 0.877. The summed E-state index contributed by atoms with van der Waals surface area (Å²) in [5, 5.41) is 12.9. The van der Waals surface area contributed by atoms with E-state index in [0.717, 1.165) is 0 Å². The van der Waals surface area contributed by atoms with Gasteiger partial charge in [-0.1, -0.05) is 164 Å². The van der Waals surface area contributed by atoms with E-state index in [0.29, 0.717) is 0 Å². The molecule has 1 nitrogen and oxygen atoms in total. The summed E-state index contributed by atoms with van der Waals surface area (Å²) < 4.78 is 0. The Morgan fingerprint density at radius 3 is 0.377 bits per heavy atom. The van der Waals surface area contributed by atoms with E-state index in [2.05, 4.69) is 283 Å². The Morgan fingerprint density at radius 2 is 0.295 bits per heavy atom. The van der Waals surface area contributed by atoms with Crippen LogP contribution >= 0.6 is 33.5 Å². The fourth-order valence-electron chi connectivity index (χ4n) is 6.94. The smallest absolute Gasteiger partial charge is 0.0620 e. The number of hydrogen-bond donors (Lipinski definition) is 0. The van der Waals surface area contributed by atoms with Crippen molar-refractivity contribution in [1.29, 1.82) is 0 Å². The van der Waals surface area contributed by atoms with Crippen molar-refractivity contribution >= 4 is 88.0 Å². The van der Waals surface area contributed by atoms with Gasteiger partial charge in [-0.3, -0.25) is 0 Å². The fraction of sp³-hybridized carbons (Fsp3) is 0. The molecule has 0 aliphatic carbocycles. The third-order valence-electron chi connectivity index (χ3n) is 9.56. The SMILES string of the molecule is C=O.[Cl][Ru].c1ccc([PH+](c2ccccc2)c2ccccc2)cc1.c1ccc([PH+](c2ccccc2)c2ccccc2)cc1.c1ccc([PH+](c2ccccc2)c2ccccc2)cc1. The molecule has 0 atom stereocenters. The molecule has 0 heterocycles. The monoisotopic (exact) mass is 956 g/mol. The second-order valence-corrected chi connectivity index (χ2v) is 20.9. The standard InChI is InChI=1S/3C18H15P.CH2O.ClH.Ru/c3*1-4-10-16(11-5-1)19(17-12-6-2-7-13-17)18-14-8-3-9-15-18;1-2;;/h3*1-15H;1H2;1H;/q;;;;;+1/p+2. The molecule has 6 heteroatoms. The Balaban J connectivity index is 0.000000166. The zero-order valence-electron chi connectivity index (χ0n) is 33.8. The normalized spacial score (nSPS) is 10.0. The number of hydrogen-bond acceptors (Lipinski definition) is 1. The van der Waals surface area contributed by atoms with Crippen LogP contribution in [0, 0.1) is 0 Å². The van der Waals surface area contributed by atoms with E-state index in [1.165, 1.54) is 47.7 Å². The maximum atomic E-state index is 8.00. The number of carbonyl (C=O) groups is 1. The molecule has 0 unspecified atom stereocenters. The molecule has 9 aromatic rings. The number of carbonyl (C=O) groups excluding carboxylic acids is 1. The van der Waals surface area contributed by atoms with Crippen LogP contribution in [-0.4, -0.2) is 6.79 Å². The first-order chi connectivity index (χ1) is 30.3. The molecule has 0 bridgehead atoms.